The van der Waals surface area contributed by atoms with Gasteiger partial charge >= 0.3 is 11.9 Å². The molecule has 1 aliphatic rings. The van der Waals surface area contributed by atoms with Crippen LogP contribution in [0.25, 0.3) is 0 Å². The second-order valence-electron chi connectivity index (χ2n) is 4.68. The number of hydrogen-bond acceptors (Lipinski definition) is 9. The number of carboxylic acid groups (broad SMARTS) is 2. The van der Waals surface area contributed by atoms with E-state index in [9.17, 15) is 19.8 Å². The van der Waals surface area contributed by atoms with E-state index in [-0.39, 0.29) is 12.8 Å². The van der Waals surface area contributed by atoms with E-state index in [1.807, 2.05) is 0 Å². The molecule has 0 saturated carbocycles. The van der Waals surface area contributed by atoms with Crippen LogP contribution in [-0.2, 0) is 14.3 Å². The van der Waals surface area contributed by atoms with Crippen LogP contribution in [-0.4, -0.2) is 85.9 Å². The van der Waals surface area contributed by atoms with Crippen LogP contribution >= 0.6 is 0 Å². The van der Waals surface area contributed by atoms with E-state index < -0.39 is 55.2 Å². The van der Waals surface area contributed by atoms with Gasteiger partial charge in [-0.05, 0) is 6.42 Å². The van der Waals surface area contributed by atoms with Gasteiger partial charge in [-0.3, -0.25) is 9.59 Å². The third-order valence-corrected chi connectivity index (χ3v) is 2.94. The molecule has 0 aromatic carbocycles. The molecule has 6 atom stereocenters. The van der Waals surface area contributed by atoms with Crippen LogP contribution in [0.1, 0.15) is 12.8 Å². The Morgan fingerprint density at radius 2 is 1.68 bits per heavy atom. The normalized spacial score (nSPS) is 32.5. The summed E-state index contributed by atoms with van der Waals surface area (Å²) in [5.74, 6) is -2.20. The molecule has 1 fully saturated rings. The van der Waals surface area contributed by atoms with Gasteiger partial charge in [0.2, 0.25) is 0 Å². The number of nitrogens with two attached hydrogens (primary N) is 2. The molecule has 0 aromatic rings. The smallest absolute Gasteiger partial charge is 0.320 e. The monoisotopic (exact) mass is 326 g/mol. The Kier molecular flexibility index (Phi) is 9.04. The largest absolute Gasteiger partial charge is 0.481 e. The molecule has 0 bridgehead atoms. The fourth-order valence-electron chi connectivity index (χ4n) is 1.52. The van der Waals surface area contributed by atoms with Gasteiger partial charge in [0, 0.05) is 6.42 Å². The molecule has 0 aromatic heterocycles. The van der Waals surface area contributed by atoms with Gasteiger partial charge in [-0.25, -0.2) is 0 Å². The Balaban J connectivity index is 0.000000409. The summed E-state index contributed by atoms with van der Waals surface area (Å²) in [6, 6.07) is -2.10. The minimum absolute atomic E-state index is 0.0231. The molecule has 1 rings (SSSR count). The molecule has 1 saturated heterocycles. The fourth-order valence-corrected chi connectivity index (χ4v) is 1.52. The molecular formula is C11H22N2O9. The number of hydrogen-bond donors (Lipinski definition) is 8. The summed E-state index contributed by atoms with van der Waals surface area (Å²) in [4.78, 5) is 19.9. The van der Waals surface area contributed by atoms with Gasteiger partial charge in [0.25, 0.3) is 0 Å². The summed E-state index contributed by atoms with van der Waals surface area (Å²) in [6.07, 6.45) is -5.08. The number of carboxylic acids is 2. The zero-order valence-electron chi connectivity index (χ0n) is 11.6. The van der Waals surface area contributed by atoms with Crippen LogP contribution in [0.5, 0.6) is 0 Å². The third-order valence-electron chi connectivity index (χ3n) is 2.94. The number of ether oxygens (including phenoxy) is 1. The highest BCUT2D eigenvalue weighted by Gasteiger charge is 2.41. The number of aliphatic hydroxyl groups excluding tert-OH is 4. The first-order chi connectivity index (χ1) is 10.1. The summed E-state index contributed by atoms with van der Waals surface area (Å²) in [5.41, 5.74) is 10.3. The summed E-state index contributed by atoms with van der Waals surface area (Å²) >= 11 is 0. The second kappa shape index (κ2) is 9.63. The van der Waals surface area contributed by atoms with Gasteiger partial charge < -0.3 is 46.8 Å². The predicted octanol–water partition coefficient (Wildman–Crippen LogP) is -3.99. The molecule has 0 radical (unpaired) electrons. The molecule has 1 aliphatic heterocycles. The highest BCUT2D eigenvalue weighted by Crippen LogP contribution is 2.17. The predicted molar refractivity (Wildman–Crippen MR) is 70.4 cm³/mol. The number of aliphatic hydroxyl groups is 4. The van der Waals surface area contributed by atoms with Crippen molar-refractivity contribution in [2.24, 2.45) is 11.5 Å². The Morgan fingerprint density at radius 1 is 1.14 bits per heavy atom. The Bertz CT molecular complexity index is 363. The highest BCUT2D eigenvalue weighted by molar-refractivity contribution is 5.74. The lowest BCUT2D eigenvalue weighted by molar-refractivity contribution is -0.248. The summed E-state index contributed by atoms with van der Waals surface area (Å²) < 4.78 is 4.70. The van der Waals surface area contributed by atoms with Crippen LogP contribution in [0.3, 0.4) is 0 Å². The zero-order chi connectivity index (χ0) is 17.4. The molecule has 1 unspecified atom stereocenters. The summed E-state index contributed by atoms with van der Waals surface area (Å²) in [7, 11) is 0. The van der Waals surface area contributed by atoms with Crippen molar-refractivity contribution in [3.63, 3.8) is 0 Å². The van der Waals surface area contributed by atoms with Crippen molar-refractivity contribution in [3.8, 4) is 0 Å². The molecule has 0 spiro atoms. The Morgan fingerprint density at radius 3 is 2.09 bits per heavy atom. The lowest BCUT2D eigenvalue weighted by Crippen LogP contribution is -2.61. The average molecular weight is 326 g/mol. The molecule has 22 heavy (non-hydrogen) atoms. The van der Waals surface area contributed by atoms with E-state index in [1.54, 1.807) is 0 Å². The van der Waals surface area contributed by atoms with Crippen LogP contribution in [0.15, 0.2) is 0 Å². The SMILES string of the molecule is NC(CCC(=O)O)C(=O)O.N[C@@H]1[C@@H](O)[C@H](O)[C@@H](CO)O[C@H]1O. The molecule has 10 N–H and O–H groups in total. The molecule has 130 valence electrons. The topological polar surface area (TPSA) is 217 Å². The summed E-state index contributed by atoms with van der Waals surface area (Å²) in [5, 5.41) is 52.3. The van der Waals surface area contributed by atoms with Crippen molar-refractivity contribution in [3.05, 3.63) is 0 Å². The van der Waals surface area contributed by atoms with Crippen molar-refractivity contribution in [1.82, 2.24) is 0 Å². The van der Waals surface area contributed by atoms with Crippen molar-refractivity contribution in [2.75, 3.05) is 6.61 Å². The van der Waals surface area contributed by atoms with E-state index in [0.29, 0.717) is 0 Å². The maximum atomic E-state index is 9.99. The van der Waals surface area contributed by atoms with Gasteiger partial charge in [0.15, 0.2) is 6.29 Å². The van der Waals surface area contributed by atoms with Gasteiger partial charge in [0.1, 0.15) is 24.4 Å². The van der Waals surface area contributed by atoms with Gasteiger partial charge in [-0.1, -0.05) is 0 Å². The molecule has 11 nitrogen and oxygen atoms in total. The fraction of sp³-hybridized carbons (Fsp3) is 0.818. The van der Waals surface area contributed by atoms with E-state index in [0.717, 1.165) is 0 Å². The van der Waals surface area contributed by atoms with E-state index >= 15 is 0 Å². The molecular weight excluding hydrogens is 304 g/mol. The second-order valence-corrected chi connectivity index (χ2v) is 4.68. The first kappa shape index (κ1) is 20.7. The van der Waals surface area contributed by atoms with E-state index in [4.69, 9.17) is 36.6 Å². The van der Waals surface area contributed by atoms with Crippen molar-refractivity contribution >= 4 is 11.9 Å². The van der Waals surface area contributed by atoms with Gasteiger partial charge in [-0.2, -0.15) is 0 Å². The van der Waals surface area contributed by atoms with Crippen molar-refractivity contribution in [1.29, 1.82) is 0 Å². The lowest BCUT2D eigenvalue weighted by atomic mass is 9.98. The highest BCUT2D eigenvalue weighted by atomic mass is 16.6. The molecule has 0 aliphatic carbocycles. The maximum absolute atomic E-state index is 9.99. The van der Waals surface area contributed by atoms with Crippen molar-refractivity contribution < 1.29 is 45.0 Å². The Hall–Kier alpha value is -1.34. The Labute approximate surface area is 125 Å². The first-order valence-electron chi connectivity index (χ1n) is 6.38. The molecule has 11 heteroatoms. The maximum Gasteiger partial charge on any atom is 0.320 e. The van der Waals surface area contributed by atoms with Gasteiger partial charge in [-0.15, -0.1) is 0 Å². The van der Waals surface area contributed by atoms with Crippen LogP contribution in [0.4, 0.5) is 0 Å². The van der Waals surface area contributed by atoms with E-state index in [1.165, 1.54) is 0 Å². The third kappa shape index (κ3) is 6.62. The van der Waals surface area contributed by atoms with Crippen molar-refractivity contribution in [2.45, 2.75) is 49.5 Å². The zero-order valence-corrected chi connectivity index (χ0v) is 11.6. The van der Waals surface area contributed by atoms with Crippen LogP contribution in [0.2, 0.25) is 0 Å². The van der Waals surface area contributed by atoms with E-state index in [2.05, 4.69) is 0 Å². The number of aliphatic carboxylic acids is 2. The number of carbonyl (C=O) groups is 2. The minimum atomic E-state index is -1.35. The number of rotatable bonds is 5. The molecule has 0 amide bonds. The van der Waals surface area contributed by atoms with Crippen LogP contribution < -0.4 is 11.5 Å². The standard InChI is InChI=1S/C6H13NO5.C5H9NO4/c7-3-5(10)4(9)2(1-8)12-6(3)11;6-3(5(9)10)1-2-4(7)8/h2-6,8-11H,1,7H2;3H,1-2,6H2,(H,7,8)(H,9,10)/t2-,3-,4-,5-,6-;/m1./s1. The van der Waals surface area contributed by atoms with Crippen LogP contribution in [0, 0.1) is 0 Å². The quantitative estimate of drug-likeness (QED) is 0.243. The minimum Gasteiger partial charge on any atom is -0.481 e. The molecule has 1 heterocycles. The lowest BCUT2D eigenvalue weighted by Gasteiger charge is -2.38. The summed E-state index contributed by atoms with van der Waals surface area (Å²) in [6.45, 7) is -0.470. The van der Waals surface area contributed by atoms with Gasteiger partial charge in [0.05, 0.1) is 12.6 Å². The average Bonchev–Trinajstić information content (AvgIpc) is 2.46. The first-order valence-corrected chi connectivity index (χ1v) is 6.38.